The van der Waals surface area contributed by atoms with Gasteiger partial charge in [-0.1, -0.05) is 36.2 Å². The van der Waals surface area contributed by atoms with Crippen LogP contribution in [-0.4, -0.2) is 5.43 Å². The molecule has 6 rings (SSSR count). The Hall–Kier alpha value is -0.530. The molecule has 0 amide bonds. The van der Waals surface area contributed by atoms with Gasteiger partial charge in [0.25, 0.3) is 0 Å². The van der Waals surface area contributed by atoms with Crippen molar-refractivity contribution in [1.29, 1.82) is 0 Å². The molecule has 3 aromatic carbocycles. The number of hydrogen-bond donors (Lipinski definition) is 0. The third kappa shape index (κ3) is 10.1. The van der Waals surface area contributed by atoms with Crippen LogP contribution in [0.1, 0.15) is 99.3 Å². The molecular formula is C34H44Cl2SiZr-2. The summed E-state index contributed by atoms with van der Waals surface area (Å²) in [5, 5.41) is 0. The molecule has 2 fully saturated rings. The van der Waals surface area contributed by atoms with Crippen molar-refractivity contribution < 1.29 is 48.1 Å². The number of rotatable bonds is 2. The van der Waals surface area contributed by atoms with Gasteiger partial charge in [0.1, 0.15) is 0 Å². The van der Waals surface area contributed by atoms with E-state index in [1.807, 2.05) is 53.7 Å². The minimum absolute atomic E-state index is 0. The number of benzene rings is 2. The quantitative estimate of drug-likeness (QED) is 0.176. The van der Waals surface area contributed by atoms with Crippen LogP contribution >= 0.6 is 0 Å². The Morgan fingerprint density at radius 2 is 1.26 bits per heavy atom. The van der Waals surface area contributed by atoms with Crippen LogP contribution in [0.4, 0.5) is 0 Å². The molecule has 204 valence electrons. The summed E-state index contributed by atoms with van der Waals surface area (Å²) >= 11 is 1.96. The van der Waals surface area contributed by atoms with Crippen molar-refractivity contribution in [2.45, 2.75) is 108 Å². The molecule has 0 bridgehead atoms. The van der Waals surface area contributed by atoms with Gasteiger partial charge in [0.15, 0.2) is 0 Å². The smallest absolute Gasteiger partial charge is 0.172 e. The average Bonchev–Trinajstić information content (AvgIpc) is 3.38. The normalized spacial score (nSPS) is 16.9. The number of halogens is 2. The van der Waals surface area contributed by atoms with Gasteiger partial charge in [-0.3, -0.25) is 0 Å². The van der Waals surface area contributed by atoms with E-state index < -0.39 is 0 Å². The summed E-state index contributed by atoms with van der Waals surface area (Å²) in [5.74, 6) is 0. The summed E-state index contributed by atoms with van der Waals surface area (Å²) in [6.45, 7) is 4.26. The molecule has 0 atom stereocenters. The van der Waals surface area contributed by atoms with Gasteiger partial charge in [-0.2, -0.15) is 42.0 Å². The SMILES string of the molecule is Cc1[c-]c2c(cc1)-c1ccc(C)cc1C2.[Cl-].[Cl-].[Zr+2]=[Si](C1CCCCCC1)C1CCCCCC1.c1cc[cH-]c1. The fraction of sp³-hybridized carbons (Fsp3) is 0.500. The average molecular weight is 643 g/mol. The van der Waals surface area contributed by atoms with E-state index in [1.165, 1.54) is 70.1 Å². The van der Waals surface area contributed by atoms with Gasteiger partial charge in [-0.05, 0) is 18.9 Å². The zero-order valence-electron chi connectivity index (χ0n) is 23.4. The number of hydrogen-bond acceptors (Lipinski definition) is 0. The largest absolute Gasteiger partial charge is 0.214 e. The predicted molar refractivity (Wildman–Crippen MR) is 154 cm³/mol. The van der Waals surface area contributed by atoms with E-state index in [9.17, 15) is 0 Å². The first-order chi connectivity index (χ1) is 17.6. The van der Waals surface area contributed by atoms with Gasteiger partial charge in [-0.15, -0.1) is 11.1 Å². The van der Waals surface area contributed by atoms with Crippen molar-refractivity contribution in [3.05, 3.63) is 89.0 Å². The molecule has 4 heteroatoms. The van der Waals surface area contributed by atoms with Gasteiger partial charge < -0.3 is 24.8 Å². The zero-order valence-corrected chi connectivity index (χ0v) is 28.3. The molecule has 0 aromatic heterocycles. The molecule has 0 N–H and O–H groups in total. The second-order valence-corrected chi connectivity index (χ2v) is 18.0. The van der Waals surface area contributed by atoms with Crippen LogP contribution in [0.2, 0.25) is 11.1 Å². The van der Waals surface area contributed by atoms with Crippen LogP contribution in [0.5, 0.6) is 0 Å². The maximum atomic E-state index is 3.45. The Labute approximate surface area is 260 Å². The van der Waals surface area contributed by atoms with E-state index in [0.717, 1.165) is 6.42 Å². The molecule has 0 saturated heterocycles. The summed E-state index contributed by atoms with van der Waals surface area (Å²) in [6, 6.07) is 24.5. The topological polar surface area (TPSA) is 0 Å². The molecule has 3 aliphatic rings. The van der Waals surface area contributed by atoms with Crippen LogP contribution in [0.15, 0.2) is 60.7 Å². The minimum Gasteiger partial charge on any atom is -0.214 e. The Morgan fingerprint density at radius 3 is 1.76 bits per heavy atom. The third-order valence-corrected chi connectivity index (χ3v) is 17.2. The fourth-order valence-corrected chi connectivity index (χ4v) is 13.2. The Balaban J connectivity index is 0.000000216. The molecule has 3 aromatic rings. The number of aryl methyl sites for hydroxylation is 2. The molecule has 0 heterocycles. The molecule has 0 nitrogen and oxygen atoms in total. The van der Waals surface area contributed by atoms with Crippen molar-refractivity contribution in [1.82, 2.24) is 0 Å². The van der Waals surface area contributed by atoms with E-state index in [4.69, 9.17) is 0 Å². The van der Waals surface area contributed by atoms with Crippen LogP contribution < -0.4 is 24.8 Å². The second kappa shape index (κ2) is 18.0. The van der Waals surface area contributed by atoms with Crippen molar-refractivity contribution >= 4 is 5.43 Å². The third-order valence-electron chi connectivity index (χ3n) is 8.24. The first-order valence-electron chi connectivity index (χ1n) is 14.5. The summed E-state index contributed by atoms with van der Waals surface area (Å²) < 4.78 is 0. The van der Waals surface area contributed by atoms with Crippen LogP contribution in [0.25, 0.3) is 11.1 Å². The van der Waals surface area contributed by atoms with Crippen molar-refractivity contribution in [3.63, 3.8) is 0 Å². The number of fused-ring (bicyclic) bond motifs is 3. The predicted octanol–water partition coefficient (Wildman–Crippen LogP) is 4.06. The van der Waals surface area contributed by atoms with Crippen LogP contribution in [-0.2, 0) is 29.8 Å². The maximum Gasteiger partial charge on any atom is -0.172 e. The first kappa shape index (κ1) is 33.7. The Kier molecular flexibility index (Phi) is 16.0. The summed E-state index contributed by atoms with van der Waals surface area (Å²) in [5.41, 5.74) is 10.6. The maximum absolute atomic E-state index is 3.45. The molecule has 38 heavy (non-hydrogen) atoms. The van der Waals surface area contributed by atoms with E-state index in [-0.39, 0.29) is 30.2 Å². The minimum atomic E-state index is 0. The standard InChI is InChI=1S/C15H13.C14H26Si.C5H5.2ClH.Zr/c1-10-3-5-14-12(7-10)9-13-8-11(2)4-6-15(13)14;1-2-6-10-13(9-5-1)15-14-11-7-3-4-8-12-14;1-2-4-5-3-1;;;/h3-7H,9H2,1-2H3;13-14H,1-12H2;1-5H;2*1H;/q-1;;-1;;;+2/p-2. The zero-order chi connectivity index (χ0) is 25.2. The van der Waals surface area contributed by atoms with Crippen molar-refractivity contribution in [3.8, 4) is 11.1 Å². The Morgan fingerprint density at radius 1 is 0.737 bits per heavy atom. The van der Waals surface area contributed by atoms with Gasteiger partial charge in [0, 0.05) is 0 Å². The van der Waals surface area contributed by atoms with Crippen LogP contribution in [0, 0.1) is 19.9 Å². The van der Waals surface area contributed by atoms with Crippen molar-refractivity contribution in [2.75, 3.05) is 0 Å². The van der Waals surface area contributed by atoms with E-state index in [2.05, 4.69) is 50.2 Å². The van der Waals surface area contributed by atoms with Gasteiger partial charge in [0.2, 0.25) is 0 Å². The fourth-order valence-electron chi connectivity index (χ4n) is 6.20. The molecule has 0 aliphatic heterocycles. The molecule has 2 saturated carbocycles. The second-order valence-electron chi connectivity index (χ2n) is 11.2. The Bertz CT molecular complexity index is 987. The molecular weight excluding hydrogens is 599 g/mol. The van der Waals surface area contributed by atoms with Gasteiger partial charge in [-0.25, -0.2) is 12.1 Å². The molecule has 3 aliphatic carbocycles. The first-order valence-corrected chi connectivity index (χ1v) is 19.8. The summed E-state index contributed by atoms with van der Waals surface area (Å²) in [4.78, 5) is 0. The van der Waals surface area contributed by atoms with Gasteiger partial charge in [0.05, 0.1) is 0 Å². The monoisotopic (exact) mass is 640 g/mol. The molecule has 0 spiro atoms. The van der Waals surface area contributed by atoms with Gasteiger partial charge >= 0.3 is 117 Å². The van der Waals surface area contributed by atoms with Crippen molar-refractivity contribution in [2.24, 2.45) is 0 Å². The van der Waals surface area contributed by atoms with E-state index in [0.29, 0.717) is 0 Å². The molecule has 0 unspecified atom stereocenters. The van der Waals surface area contributed by atoms with Crippen LogP contribution in [0.3, 0.4) is 0 Å². The van der Waals surface area contributed by atoms with E-state index in [1.54, 1.807) is 51.4 Å². The molecule has 0 radical (unpaired) electrons. The summed E-state index contributed by atoms with van der Waals surface area (Å²) in [6.07, 6.45) is 19.8. The van der Waals surface area contributed by atoms with E-state index >= 15 is 0 Å². The summed E-state index contributed by atoms with van der Waals surface area (Å²) in [7, 11) is 0.